The van der Waals surface area contributed by atoms with Crippen molar-refractivity contribution in [2.75, 3.05) is 19.6 Å². The molecule has 0 heterocycles. The fraction of sp³-hybridized carbons (Fsp3) is 0.500. The minimum atomic E-state index is -0.287. The Morgan fingerprint density at radius 1 is 1.09 bits per heavy atom. The summed E-state index contributed by atoms with van der Waals surface area (Å²) in [7, 11) is 0. The van der Waals surface area contributed by atoms with Gasteiger partial charge in [-0.05, 0) is 38.0 Å². The Labute approximate surface area is 142 Å². The van der Waals surface area contributed by atoms with Crippen LogP contribution in [0.5, 0.6) is 0 Å². The molecule has 122 valence electrons. The number of halogens is 1. The van der Waals surface area contributed by atoms with Gasteiger partial charge in [0.15, 0.2) is 0 Å². The summed E-state index contributed by atoms with van der Waals surface area (Å²) in [4.78, 5) is 27.0. The number of rotatable bonds is 8. The van der Waals surface area contributed by atoms with Gasteiger partial charge in [-0.2, -0.15) is 0 Å². The van der Waals surface area contributed by atoms with E-state index in [-0.39, 0.29) is 11.1 Å². The summed E-state index contributed by atoms with van der Waals surface area (Å²) in [6.45, 7) is 6.35. The van der Waals surface area contributed by atoms with E-state index in [1.807, 2.05) is 26.0 Å². The number of hydrogen-bond donors (Lipinski definition) is 1. The molecule has 0 N–H and O–H groups in total. The standard InChI is InChI=1S/C16H23ClN2O2S/c1-3-18(4-2)15(20)6-5-11-19(16(21)22)12-13-7-9-14(17)10-8-13/h7-10H,3-6,11-12H2,1-2H3,(H,21,22). The third-order valence-electron chi connectivity index (χ3n) is 3.49. The number of nitrogens with zero attached hydrogens (tertiary/aromatic N) is 2. The molecule has 1 aromatic rings. The Morgan fingerprint density at radius 3 is 2.18 bits per heavy atom. The first kappa shape index (κ1) is 18.8. The number of hydrogen-bond acceptors (Lipinski definition) is 2. The first-order valence-electron chi connectivity index (χ1n) is 7.48. The fourth-order valence-electron chi connectivity index (χ4n) is 2.21. The van der Waals surface area contributed by atoms with Crippen LogP contribution < -0.4 is 0 Å². The van der Waals surface area contributed by atoms with Crippen molar-refractivity contribution in [1.82, 2.24) is 9.80 Å². The maximum Gasteiger partial charge on any atom is 0.278 e. The van der Waals surface area contributed by atoms with Gasteiger partial charge in [-0.15, -0.1) is 0 Å². The van der Waals surface area contributed by atoms with Gasteiger partial charge in [-0.3, -0.25) is 9.59 Å². The predicted octanol–water partition coefficient (Wildman–Crippen LogP) is 3.84. The van der Waals surface area contributed by atoms with Gasteiger partial charge < -0.3 is 9.80 Å². The summed E-state index contributed by atoms with van der Waals surface area (Å²) >= 11 is 9.76. The van der Waals surface area contributed by atoms with Crippen LogP contribution in [0.2, 0.25) is 5.02 Å². The highest BCUT2D eigenvalue weighted by atomic mass is 35.5. The van der Waals surface area contributed by atoms with E-state index >= 15 is 0 Å². The van der Waals surface area contributed by atoms with Gasteiger partial charge in [0.05, 0.1) is 0 Å². The molecular formula is C16H23ClN2O2S. The van der Waals surface area contributed by atoms with E-state index in [0.717, 1.165) is 18.7 Å². The van der Waals surface area contributed by atoms with Gasteiger partial charge in [0.25, 0.3) is 5.24 Å². The molecule has 0 fully saturated rings. The van der Waals surface area contributed by atoms with Gasteiger partial charge in [-0.1, -0.05) is 36.4 Å². The van der Waals surface area contributed by atoms with E-state index in [2.05, 4.69) is 12.6 Å². The number of amides is 2. The van der Waals surface area contributed by atoms with Gasteiger partial charge in [0.1, 0.15) is 0 Å². The number of carbonyl (C=O) groups excluding carboxylic acids is 2. The predicted molar refractivity (Wildman–Crippen MR) is 93.4 cm³/mol. The van der Waals surface area contributed by atoms with Crippen molar-refractivity contribution in [3.8, 4) is 0 Å². The quantitative estimate of drug-likeness (QED) is 0.729. The number of thiol groups is 1. The molecule has 0 atom stereocenters. The Kier molecular flexibility index (Phi) is 8.35. The third kappa shape index (κ3) is 6.28. The molecule has 0 aliphatic heterocycles. The normalized spacial score (nSPS) is 10.4. The molecule has 0 saturated carbocycles. The van der Waals surface area contributed by atoms with Crippen LogP contribution in [0.25, 0.3) is 0 Å². The highest BCUT2D eigenvalue weighted by Crippen LogP contribution is 2.13. The lowest BCUT2D eigenvalue weighted by Crippen LogP contribution is -2.32. The second-order valence-corrected chi connectivity index (χ2v) is 5.82. The van der Waals surface area contributed by atoms with Crippen molar-refractivity contribution in [3.63, 3.8) is 0 Å². The molecule has 0 unspecified atom stereocenters. The van der Waals surface area contributed by atoms with Crippen molar-refractivity contribution < 1.29 is 9.59 Å². The van der Waals surface area contributed by atoms with Crippen LogP contribution >= 0.6 is 24.2 Å². The van der Waals surface area contributed by atoms with E-state index < -0.39 is 0 Å². The van der Waals surface area contributed by atoms with Crippen LogP contribution in [0, 0.1) is 0 Å². The molecule has 1 rings (SSSR count). The second-order valence-electron chi connectivity index (χ2n) is 5.00. The lowest BCUT2D eigenvalue weighted by molar-refractivity contribution is -0.130. The van der Waals surface area contributed by atoms with E-state index in [1.165, 1.54) is 0 Å². The molecule has 0 bridgehead atoms. The number of benzene rings is 1. The largest absolute Gasteiger partial charge is 0.343 e. The first-order chi connectivity index (χ1) is 10.5. The molecule has 1 aromatic carbocycles. The molecule has 0 saturated heterocycles. The fourth-order valence-corrected chi connectivity index (χ4v) is 2.50. The average molecular weight is 343 g/mol. The summed E-state index contributed by atoms with van der Waals surface area (Å²) in [6, 6.07) is 7.35. The topological polar surface area (TPSA) is 40.6 Å². The van der Waals surface area contributed by atoms with Gasteiger partial charge in [0, 0.05) is 37.6 Å². The molecule has 22 heavy (non-hydrogen) atoms. The molecule has 0 spiro atoms. The molecule has 6 heteroatoms. The van der Waals surface area contributed by atoms with Crippen LogP contribution in [-0.2, 0) is 11.3 Å². The summed E-state index contributed by atoms with van der Waals surface area (Å²) in [5, 5.41) is 0.377. The smallest absolute Gasteiger partial charge is 0.278 e. The SMILES string of the molecule is CCN(CC)C(=O)CCCN(Cc1ccc(Cl)cc1)C(=O)S. The highest BCUT2D eigenvalue weighted by molar-refractivity contribution is 7.96. The lowest BCUT2D eigenvalue weighted by atomic mass is 10.2. The Bertz CT molecular complexity index is 489. The molecule has 0 radical (unpaired) electrons. The van der Waals surface area contributed by atoms with Crippen molar-refractivity contribution in [2.24, 2.45) is 0 Å². The van der Waals surface area contributed by atoms with Crippen molar-refractivity contribution in [3.05, 3.63) is 34.9 Å². The van der Waals surface area contributed by atoms with Gasteiger partial charge in [-0.25, -0.2) is 0 Å². The Morgan fingerprint density at radius 2 is 1.68 bits per heavy atom. The first-order valence-corrected chi connectivity index (χ1v) is 8.30. The zero-order valence-corrected chi connectivity index (χ0v) is 14.7. The lowest BCUT2D eigenvalue weighted by Gasteiger charge is -2.22. The molecule has 2 amide bonds. The molecule has 0 aromatic heterocycles. The summed E-state index contributed by atoms with van der Waals surface area (Å²) in [5.74, 6) is 0.128. The van der Waals surface area contributed by atoms with Gasteiger partial charge >= 0.3 is 0 Å². The van der Waals surface area contributed by atoms with Crippen molar-refractivity contribution in [2.45, 2.75) is 33.2 Å². The summed E-state index contributed by atoms with van der Waals surface area (Å²) in [6.07, 6.45) is 1.08. The van der Waals surface area contributed by atoms with E-state index in [4.69, 9.17) is 11.6 Å². The van der Waals surface area contributed by atoms with Crippen LogP contribution in [0.15, 0.2) is 24.3 Å². The molecule has 0 aliphatic carbocycles. The van der Waals surface area contributed by atoms with Crippen LogP contribution in [-0.4, -0.2) is 40.6 Å². The molecule has 4 nitrogen and oxygen atoms in total. The molecular weight excluding hydrogens is 320 g/mol. The average Bonchev–Trinajstić information content (AvgIpc) is 2.49. The third-order valence-corrected chi connectivity index (χ3v) is 4.03. The Hall–Kier alpha value is -1.20. The van der Waals surface area contributed by atoms with Crippen molar-refractivity contribution >= 4 is 35.4 Å². The zero-order chi connectivity index (χ0) is 16.5. The van der Waals surface area contributed by atoms with Crippen LogP contribution in [0.1, 0.15) is 32.3 Å². The van der Waals surface area contributed by atoms with Crippen LogP contribution in [0.3, 0.4) is 0 Å². The molecule has 0 aliphatic rings. The maximum atomic E-state index is 11.9. The van der Waals surface area contributed by atoms with E-state index in [0.29, 0.717) is 31.0 Å². The van der Waals surface area contributed by atoms with Crippen LogP contribution in [0.4, 0.5) is 4.79 Å². The zero-order valence-electron chi connectivity index (χ0n) is 13.1. The van der Waals surface area contributed by atoms with E-state index in [9.17, 15) is 9.59 Å². The summed E-state index contributed by atoms with van der Waals surface area (Å²) in [5.41, 5.74) is 0.988. The summed E-state index contributed by atoms with van der Waals surface area (Å²) < 4.78 is 0. The minimum absolute atomic E-state index is 0.128. The second kappa shape index (κ2) is 9.74. The van der Waals surface area contributed by atoms with Gasteiger partial charge in [0.2, 0.25) is 5.91 Å². The maximum absolute atomic E-state index is 11.9. The highest BCUT2D eigenvalue weighted by Gasteiger charge is 2.13. The van der Waals surface area contributed by atoms with Crippen molar-refractivity contribution in [1.29, 1.82) is 0 Å². The number of carbonyl (C=O) groups is 2. The Balaban J connectivity index is 2.50. The monoisotopic (exact) mass is 342 g/mol. The minimum Gasteiger partial charge on any atom is -0.343 e. The van der Waals surface area contributed by atoms with E-state index in [1.54, 1.807) is 21.9 Å².